The Morgan fingerprint density at radius 3 is 2.16 bits per heavy atom. The fourth-order valence-corrected chi connectivity index (χ4v) is 5.76. The summed E-state index contributed by atoms with van der Waals surface area (Å²) in [5, 5.41) is 64.6. The molecule has 12 nitrogen and oxygen atoms in total. The first-order chi connectivity index (χ1) is 21.7. The molecule has 7 N–H and O–H groups in total. The Balaban J connectivity index is 1.48. The highest BCUT2D eigenvalue weighted by atomic mass is 16.7. The van der Waals surface area contributed by atoms with Gasteiger partial charge in [-0.1, -0.05) is 90.0 Å². The molecule has 1 saturated heterocycles. The Hall–Kier alpha value is -2.03. The number of rotatable bonds is 22. The molecule has 45 heavy (non-hydrogen) atoms. The molecule has 1 fully saturated rings. The van der Waals surface area contributed by atoms with Crippen LogP contribution in [0.2, 0.25) is 0 Å². The van der Waals surface area contributed by atoms with E-state index in [-0.39, 0.29) is 19.8 Å². The Morgan fingerprint density at radius 2 is 1.51 bits per heavy atom. The lowest BCUT2D eigenvalue weighted by Crippen LogP contribution is -2.60. The topological polar surface area (TPSA) is 187 Å². The minimum atomic E-state index is -1.64. The van der Waals surface area contributed by atoms with Gasteiger partial charge in [0.05, 0.1) is 31.8 Å². The van der Waals surface area contributed by atoms with Crippen LogP contribution >= 0.6 is 0 Å². The summed E-state index contributed by atoms with van der Waals surface area (Å²) in [6.07, 6.45) is 4.35. The maximum atomic E-state index is 13.0. The molecule has 2 heterocycles. The van der Waals surface area contributed by atoms with Crippen LogP contribution < -0.4 is 14.8 Å². The van der Waals surface area contributed by atoms with Gasteiger partial charge >= 0.3 is 0 Å². The molecule has 0 spiro atoms. The van der Waals surface area contributed by atoms with Crippen LogP contribution in [-0.2, 0) is 20.7 Å². The lowest BCUT2D eigenvalue weighted by atomic mass is 9.98. The van der Waals surface area contributed by atoms with Crippen molar-refractivity contribution >= 4 is 5.91 Å². The summed E-state index contributed by atoms with van der Waals surface area (Å²) in [5.74, 6) is 0.662. The Bertz CT molecular complexity index is 980. The normalized spacial score (nSPS) is 24.7. The number of carbonyl (C=O) groups is 1. The monoisotopic (exact) mass is 641 g/mol. The fraction of sp³-hybridized carbons (Fsp3) is 0.788. The van der Waals surface area contributed by atoms with Gasteiger partial charge in [-0.05, 0) is 24.1 Å². The van der Waals surface area contributed by atoms with E-state index in [9.17, 15) is 35.4 Å². The lowest BCUT2D eigenvalue weighted by molar-refractivity contribution is -0.303. The minimum Gasteiger partial charge on any atom is -0.454 e. The number of hydrogen-bond acceptors (Lipinski definition) is 11. The van der Waals surface area contributed by atoms with Crippen LogP contribution in [0.4, 0.5) is 0 Å². The maximum Gasteiger partial charge on any atom is 0.231 e. The Morgan fingerprint density at radius 1 is 0.889 bits per heavy atom. The van der Waals surface area contributed by atoms with Gasteiger partial charge in [0.2, 0.25) is 12.7 Å². The van der Waals surface area contributed by atoms with Crippen molar-refractivity contribution < 1.29 is 54.4 Å². The number of nitrogens with one attached hydrogen (secondary N) is 1. The summed E-state index contributed by atoms with van der Waals surface area (Å²) in [4.78, 5) is 13.0. The van der Waals surface area contributed by atoms with Gasteiger partial charge in [0.15, 0.2) is 17.8 Å². The summed E-state index contributed by atoms with van der Waals surface area (Å²) >= 11 is 0. The van der Waals surface area contributed by atoms with Gasteiger partial charge in [-0.15, -0.1) is 0 Å². The molecular formula is C33H55NO11. The molecule has 1 amide bonds. The number of ether oxygens (including phenoxy) is 4. The van der Waals surface area contributed by atoms with Crippen LogP contribution in [0.25, 0.3) is 0 Å². The zero-order valence-corrected chi connectivity index (χ0v) is 26.6. The van der Waals surface area contributed by atoms with Crippen molar-refractivity contribution in [2.45, 2.75) is 146 Å². The highest BCUT2D eigenvalue weighted by molar-refractivity contribution is 5.79. The summed E-state index contributed by atoms with van der Waals surface area (Å²) < 4.78 is 21.7. The van der Waals surface area contributed by atoms with Crippen molar-refractivity contribution in [1.29, 1.82) is 0 Å². The van der Waals surface area contributed by atoms with E-state index >= 15 is 0 Å². The summed E-state index contributed by atoms with van der Waals surface area (Å²) in [6.45, 7) is 1.32. The second kappa shape index (κ2) is 20.3. The van der Waals surface area contributed by atoms with Crippen molar-refractivity contribution in [2.24, 2.45) is 0 Å². The van der Waals surface area contributed by atoms with E-state index in [4.69, 9.17) is 18.9 Å². The van der Waals surface area contributed by atoms with Gasteiger partial charge in [0.1, 0.15) is 30.5 Å². The Labute approximate surface area is 266 Å². The third-order valence-electron chi connectivity index (χ3n) is 8.60. The molecule has 0 aromatic heterocycles. The SMILES string of the molecule is CCCCCCCCCCCCCCC(O)C(O)C(COC1OC(CO)C(O)C(O)C1O)NC(=O)Cc1ccc2c(c1)OCO2. The predicted octanol–water partition coefficient (Wildman–Crippen LogP) is 2.07. The fourth-order valence-electron chi connectivity index (χ4n) is 5.76. The molecule has 258 valence electrons. The number of unbranched alkanes of at least 4 members (excludes halogenated alkanes) is 11. The number of fused-ring (bicyclic) bond motifs is 1. The molecule has 2 aliphatic heterocycles. The van der Waals surface area contributed by atoms with Crippen LogP contribution in [0.15, 0.2) is 18.2 Å². The van der Waals surface area contributed by atoms with Gasteiger partial charge in [-0.25, -0.2) is 0 Å². The highest BCUT2D eigenvalue weighted by Crippen LogP contribution is 2.32. The van der Waals surface area contributed by atoms with Crippen molar-refractivity contribution in [3.05, 3.63) is 23.8 Å². The van der Waals surface area contributed by atoms with Crippen LogP contribution in [-0.4, -0.2) is 106 Å². The highest BCUT2D eigenvalue weighted by Gasteiger charge is 2.44. The second-order valence-corrected chi connectivity index (χ2v) is 12.3. The van der Waals surface area contributed by atoms with Crippen LogP contribution in [0.3, 0.4) is 0 Å². The Kier molecular flexibility index (Phi) is 16.8. The molecule has 3 rings (SSSR count). The molecule has 0 bridgehead atoms. The lowest BCUT2D eigenvalue weighted by Gasteiger charge is -2.40. The van der Waals surface area contributed by atoms with E-state index in [1.54, 1.807) is 18.2 Å². The van der Waals surface area contributed by atoms with Gasteiger partial charge in [0.25, 0.3) is 0 Å². The van der Waals surface area contributed by atoms with Crippen LogP contribution in [0.5, 0.6) is 11.5 Å². The molecule has 0 radical (unpaired) electrons. The molecule has 1 aromatic rings. The maximum absolute atomic E-state index is 13.0. The number of aliphatic hydroxyl groups is 6. The molecule has 8 unspecified atom stereocenters. The molecule has 12 heteroatoms. The predicted molar refractivity (Wildman–Crippen MR) is 166 cm³/mol. The largest absolute Gasteiger partial charge is 0.454 e. The number of hydrogen-bond donors (Lipinski definition) is 7. The number of amides is 1. The van der Waals surface area contributed by atoms with Crippen molar-refractivity contribution in [1.82, 2.24) is 5.32 Å². The van der Waals surface area contributed by atoms with E-state index < -0.39 is 61.5 Å². The summed E-state index contributed by atoms with van der Waals surface area (Å²) in [6, 6.07) is 4.04. The zero-order chi connectivity index (χ0) is 32.6. The first kappa shape index (κ1) is 37.4. The molecule has 2 aliphatic rings. The third kappa shape index (κ3) is 12.3. The average molecular weight is 642 g/mol. The first-order valence-electron chi connectivity index (χ1n) is 16.7. The van der Waals surface area contributed by atoms with Gasteiger partial charge in [-0.2, -0.15) is 0 Å². The second-order valence-electron chi connectivity index (χ2n) is 12.3. The van der Waals surface area contributed by atoms with E-state index in [1.807, 2.05) is 0 Å². The molecule has 8 atom stereocenters. The minimum absolute atomic E-state index is 0.0469. The molecule has 0 aliphatic carbocycles. The number of aliphatic hydroxyl groups excluding tert-OH is 6. The third-order valence-corrected chi connectivity index (χ3v) is 8.60. The van der Waals surface area contributed by atoms with E-state index in [0.29, 0.717) is 29.9 Å². The van der Waals surface area contributed by atoms with Crippen LogP contribution in [0, 0.1) is 0 Å². The van der Waals surface area contributed by atoms with Gasteiger partial charge < -0.3 is 54.9 Å². The molecular weight excluding hydrogens is 586 g/mol. The average Bonchev–Trinajstić information content (AvgIpc) is 3.50. The van der Waals surface area contributed by atoms with Crippen molar-refractivity contribution in [3.63, 3.8) is 0 Å². The van der Waals surface area contributed by atoms with E-state index in [2.05, 4.69) is 12.2 Å². The van der Waals surface area contributed by atoms with E-state index in [0.717, 1.165) is 19.3 Å². The zero-order valence-electron chi connectivity index (χ0n) is 26.6. The van der Waals surface area contributed by atoms with Crippen molar-refractivity contribution in [3.8, 4) is 11.5 Å². The van der Waals surface area contributed by atoms with Gasteiger partial charge in [0, 0.05) is 0 Å². The number of carbonyl (C=O) groups excluding carboxylic acids is 1. The van der Waals surface area contributed by atoms with Gasteiger partial charge in [-0.3, -0.25) is 4.79 Å². The van der Waals surface area contributed by atoms with E-state index in [1.165, 1.54) is 51.4 Å². The first-order valence-corrected chi connectivity index (χ1v) is 16.7. The molecule has 0 saturated carbocycles. The van der Waals surface area contributed by atoms with Crippen LogP contribution in [0.1, 0.15) is 96.0 Å². The smallest absolute Gasteiger partial charge is 0.231 e. The number of benzene rings is 1. The quantitative estimate of drug-likeness (QED) is 0.0919. The summed E-state index contributed by atoms with van der Waals surface area (Å²) in [5.41, 5.74) is 0.650. The molecule has 1 aromatic carbocycles. The van der Waals surface area contributed by atoms with Crippen molar-refractivity contribution in [2.75, 3.05) is 20.0 Å². The standard InChI is InChI=1S/C33H55NO11/c1-2-3-4-5-6-7-8-9-10-11-12-13-14-24(36)29(38)23(20-42-33-32(41)31(40)30(39)27(19-35)45-33)34-28(37)18-22-15-16-25-26(17-22)44-21-43-25/h15-17,23-24,27,29-33,35-36,38-41H,2-14,18-21H2,1H3,(H,34,37). The summed E-state index contributed by atoms with van der Waals surface area (Å²) in [7, 11) is 0.